The molecule has 0 saturated carbocycles. The van der Waals surface area contributed by atoms with Crippen molar-refractivity contribution in [2.45, 2.75) is 63.8 Å². The summed E-state index contributed by atoms with van der Waals surface area (Å²) in [4.78, 5) is 16.6. The maximum Gasteiger partial charge on any atom is 0.407 e. The largest absolute Gasteiger partial charge is 0.497 e. The molecule has 3 atom stereocenters. The summed E-state index contributed by atoms with van der Waals surface area (Å²) in [6.45, 7) is 5.77. The first kappa shape index (κ1) is 22.2. The molecular formula is C22H30FN3O4. The summed E-state index contributed by atoms with van der Waals surface area (Å²) in [6.07, 6.45) is 1.98. The number of benzene rings is 1. The summed E-state index contributed by atoms with van der Waals surface area (Å²) in [5.74, 6) is 0.159. The number of rotatable bonds is 5. The van der Waals surface area contributed by atoms with Crippen molar-refractivity contribution in [1.29, 1.82) is 0 Å². The third-order valence-corrected chi connectivity index (χ3v) is 5.06. The zero-order valence-electron chi connectivity index (χ0n) is 17.9. The molecule has 2 heterocycles. The number of alkyl carbamates (subject to hydrolysis) is 1. The Morgan fingerprint density at radius 1 is 1.40 bits per heavy atom. The van der Waals surface area contributed by atoms with Crippen molar-refractivity contribution in [1.82, 2.24) is 10.3 Å². The molecular weight excluding hydrogens is 389 g/mol. The number of pyridine rings is 1. The zero-order valence-corrected chi connectivity index (χ0v) is 17.9. The van der Waals surface area contributed by atoms with E-state index < -0.39 is 23.6 Å². The van der Waals surface area contributed by atoms with Gasteiger partial charge in [-0.3, -0.25) is 4.98 Å². The average Bonchev–Trinajstić information content (AvgIpc) is 2.68. The molecule has 1 aliphatic heterocycles. The van der Waals surface area contributed by atoms with Crippen LogP contribution >= 0.6 is 0 Å². The molecule has 1 saturated heterocycles. The molecule has 0 bridgehead atoms. The number of methoxy groups -OCH3 is 1. The van der Waals surface area contributed by atoms with E-state index in [2.05, 4.69) is 10.3 Å². The maximum atomic E-state index is 14.8. The van der Waals surface area contributed by atoms with Gasteiger partial charge < -0.3 is 25.3 Å². The fraction of sp³-hybridized carbons (Fsp3) is 0.545. The van der Waals surface area contributed by atoms with Crippen LogP contribution < -0.4 is 15.8 Å². The summed E-state index contributed by atoms with van der Waals surface area (Å²) in [6, 6.07) is 4.79. The van der Waals surface area contributed by atoms with Crippen molar-refractivity contribution in [2.24, 2.45) is 5.73 Å². The Hall–Kier alpha value is -2.45. The average molecular weight is 419 g/mol. The molecule has 164 valence electrons. The van der Waals surface area contributed by atoms with Crippen LogP contribution in [0.4, 0.5) is 9.18 Å². The number of ether oxygens (including phenoxy) is 3. The normalized spacial score (nSPS) is 20.6. The monoisotopic (exact) mass is 419 g/mol. The first-order valence-corrected chi connectivity index (χ1v) is 10.1. The number of fused-ring (bicyclic) bond motifs is 1. The summed E-state index contributed by atoms with van der Waals surface area (Å²) >= 11 is 0. The summed E-state index contributed by atoms with van der Waals surface area (Å²) in [5.41, 5.74) is 6.39. The third-order valence-electron chi connectivity index (χ3n) is 5.06. The van der Waals surface area contributed by atoms with E-state index in [0.29, 0.717) is 35.2 Å². The highest BCUT2D eigenvalue weighted by molar-refractivity contribution is 5.83. The smallest absolute Gasteiger partial charge is 0.407 e. The molecule has 1 amide bonds. The van der Waals surface area contributed by atoms with E-state index in [0.717, 1.165) is 6.42 Å². The van der Waals surface area contributed by atoms with Crippen molar-refractivity contribution in [3.8, 4) is 5.75 Å². The summed E-state index contributed by atoms with van der Waals surface area (Å²) < 4.78 is 31.4. The molecule has 2 aromatic rings. The molecule has 0 aliphatic carbocycles. The standard InChI is InChI=1S/C22H30FN3O4/c1-22(2,3)30-21(27)26-19(20-8-5-13(24)12-29-20)10-15-16-9-14(28-4)6-7-18(16)25-11-17(15)23/h6-7,9,11,13,19-20H,5,8,10,12,24H2,1-4H3,(H,26,27)/t13-,19-,20+/m1/s1. The number of carbonyl (C=O) groups excluding carboxylic acids is 1. The van der Waals surface area contributed by atoms with Crippen LogP contribution in [-0.4, -0.2) is 48.6 Å². The number of nitrogens with one attached hydrogen (secondary N) is 1. The highest BCUT2D eigenvalue weighted by Crippen LogP contribution is 2.27. The molecule has 1 fully saturated rings. The van der Waals surface area contributed by atoms with E-state index in [1.807, 2.05) is 0 Å². The Morgan fingerprint density at radius 3 is 2.80 bits per heavy atom. The predicted octanol–water partition coefficient (Wildman–Crippen LogP) is 3.32. The van der Waals surface area contributed by atoms with Gasteiger partial charge in [-0.25, -0.2) is 9.18 Å². The van der Waals surface area contributed by atoms with Crippen LogP contribution in [0.15, 0.2) is 24.4 Å². The number of hydrogen-bond donors (Lipinski definition) is 2. The quantitative estimate of drug-likeness (QED) is 0.772. The lowest BCUT2D eigenvalue weighted by Crippen LogP contribution is -2.51. The number of aromatic nitrogens is 1. The minimum atomic E-state index is -0.646. The van der Waals surface area contributed by atoms with E-state index in [4.69, 9.17) is 19.9 Å². The predicted molar refractivity (Wildman–Crippen MR) is 112 cm³/mol. The second-order valence-corrected chi connectivity index (χ2v) is 8.63. The first-order valence-electron chi connectivity index (χ1n) is 10.1. The molecule has 7 nitrogen and oxygen atoms in total. The molecule has 0 unspecified atom stereocenters. The molecule has 0 spiro atoms. The Bertz CT molecular complexity index is 892. The van der Waals surface area contributed by atoms with Crippen LogP contribution in [0.2, 0.25) is 0 Å². The van der Waals surface area contributed by atoms with Crippen LogP contribution in [0.25, 0.3) is 10.9 Å². The lowest BCUT2D eigenvalue weighted by atomic mass is 9.93. The minimum absolute atomic E-state index is 0.0359. The molecule has 0 radical (unpaired) electrons. The molecule has 8 heteroatoms. The number of nitrogens with two attached hydrogens (primary N) is 1. The number of amides is 1. The van der Waals surface area contributed by atoms with Crippen LogP contribution in [0.5, 0.6) is 5.75 Å². The zero-order chi connectivity index (χ0) is 21.9. The van der Waals surface area contributed by atoms with Gasteiger partial charge in [-0.2, -0.15) is 0 Å². The van der Waals surface area contributed by atoms with Crippen molar-refractivity contribution in [3.05, 3.63) is 35.8 Å². The van der Waals surface area contributed by atoms with Gasteiger partial charge in [-0.1, -0.05) is 0 Å². The molecule has 1 aromatic heterocycles. The van der Waals surface area contributed by atoms with Gasteiger partial charge in [0.15, 0.2) is 0 Å². The second-order valence-electron chi connectivity index (χ2n) is 8.63. The number of hydrogen-bond acceptors (Lipinski definition) is 6. The van der Waals surface area contributed by atoms with E-state index in [1.54, 1.807) is 46.1 Å². The Kier molecular flexibility index (Phi) is 6.77. The highest BCUT2D eigenvalue weighted by Gasteiger charge is 2.31. The minimum Gasteiger partial charge on any atom is -0.497 e. The fourth-order valence-corrected chi connectivity index (χ4v) is 3.60. The van der Waals surface area contributed by atoms with Gasteiger partial charge in [0.05, 0.1) is 37.6 Å². The lowest BCUT2D eigenvalue weighted by Gasteiger charge is -2.34. The first-order chi connectivity index (χ1) is 14.2. The van der Waals surface area contributed by atoms with Crippen LogP contribution in [0.3, 0.4) is 0 Å². The molecule has 1 aromatic carbocycles. The topological polar surface area (TPSA) is 95.7 Å². The van der Waals surface area contributed by atoms with E-state index in [-0.39, 0.29) is 18.6 Å². The maximum absolute atomic E-state index is 14.8. The highest BCUT2D eigenvalue weighted by atomic mass is 19.1. The fourth-order valence-electron chi connectivity index (χ4n) is 3.60. The van der Waals surface area contributed by atoms with Crippen LogP contribution in [0, 0.1) is 5.82 Å². The van der Waals surface area contributed by atoms with Gasteiger partial charge in [-0.05, 0) is 58.2 Å². The van der Waals surface area contributed by atoms with Crippen molar-refractivity contribution in [3.63, 3.8) is 0 Å². The Balaban J connectivity index is 1.92. The van der Waals surface area contributed by atoms with Gasteiger partial charge in [-0.15, -0.1) is 0 Å². The van der Waals surface area contributed by atoms with Crippen LogP contribution in [-0.2, 0) is 15.9 Å². The van der Waals surface area contributed by atoms with Crippen LogP contribution in [0.1, 0.15) is 39.2 Å². The summed E-state index contributed by atoms with van der Waals surface area (Å²) in [7, 11) is 1.56. The number of halogens is 1. The van der Waals surface area contributed by atoms with E-state index >= 15 is 0 Å². The van der Waals surface area contributed by atoms with Gasteiger partial charge in [0, 0.05) is 17.0 Å². The van der Waals surface area contributed by atoms with Crippen molar-refractivity contribution in [2.75, 3.05) is 13.7 Å². The van der Waals surface area contributed by atoms with Gasteiger partial charge >= 0.3 is 6.09 Å². The van der Waals surface area contributed by atoms with Crippen molar-refractivity contribution >= 4 is 17.0 Å². The Labute approximate surface area is 176 Å². The number of carbonyl (C=O) groups is 1. The molecule has 30 heavy (non-hydrogen) atoms. The van der Waals surface area contributed by atoms with E-state index in [9.17, 15) is 9.18 Å². The molecule has 1 aliphatic rings. The second kappa shape index (κ2) is 9.14. The molecule has 3 N–H and O–H groups in total. The lowest BCUT2D eigenvalue weighted by molar-refractivity contribution is -0.0204. The third kappa shape index (κ3) is 5.58. The van der Waals surface area contributed by atoms with Gasteiger partial charge in [0.2, 0.25) is 0 Å². The SMILES string of the molecule is COc1ccc2ncc(F)c(C[C@@H](NC(=O)OC(C)(C)C)[C@@H]3CC[C@@H](N)CO3)c2c1. The number of nitrogens with zero attached hydrogens (tertiary/aromatic N) is 1. The summed E-state index contributed by atoms with van der Waals surface area (Å²) in [5, 5.41) is 3.52. The van der Waals surface area contributed by atoms with Gasteiger partial charge in [0.25, 0.3) is 0 Å². The van der Waals surface area contributed by atoms with E-state index in [1.165, 1.54) is 6.20 Å². The van der Waals surface area contributed by atoms with Gasteiger partial charge in [0.1, 0.15) is 17.2 Å². The van der Waals surface area contributed by atoms with Crippen molar-refractivity contribution < 1.29 is 23.4 Å². The Morgan fingerprint density at radius 2 is 2.17 bits per heavy atom. The molecule has 3 rings (SSSR count).